The zero-order valence-electron chi connectivity index (χ0n) is 9.58. The van der Waals surface area contributed by atoms with Gasteiger partial charge < -0.3 is 4.74 Å². The van der Waals surface area contributed by atoms with E-state index >= 15 is 0 Å². The molecule has 0 rings (SSSR count). The Labute approximate surface area is 88.0 Å². The van der Waals surface area contributed by atoms with Crippen LogP contribution in [0, 0.1) is 25.7 Å². The predicted molar refractivity (Wildman–Crippen MR) is 58.4 cm³/mol. The van der Waals surface area contributed by atoms with E-state index < -0.39 is 6.10 Å². The summed E-state index contributed by atoms with van der Waals surface area (Å²) in [5, 5.41) is 0. The molecule has 0 saturated heterocycles. The Hall–Kier alpha value is -0.530. The van der Waals surface area contributed by atoms with Crippen molar-refractivity contribution in [3.05, 3.63) is 13.8 Å². The van der Waals surface area contributed by atoms with Crippen LogP contribution in [0.3, 0.4) is 0 Å². The summed E-state index contributed by atoms with van der Waals surface area (Å²) in [6.45, 7) is 13.3. The summed E-state index contributed by atoms with van der Waals surface area (Å²) < 4.78 is 4.91. The van der Waals surface area contributed by atoms with Crippen LogP contribution in [0.25, 0.3) is 0 Å². The van der Waals surface area contributed by atoms with Gasteiger partial charge in [-0.2, -0.15) is 0 Å². The molecule has 0 saturated carbocycles. The quantitative estimate of drug-likeness (QED) is 0.613. The first-order valence-electron chi connectivity index (χ1n) is 5.30. The van der Waals surface area contributed by atoms with Gasteiger partial charge in [0, 0.05) is 0 Å². The fourth-order valence-corrected chi connectivity index (χ4v) is 1.23. The molecule has 2 nitrogen and oxygen atoms in total. The van der Waals surface area contributed by atoms with Gasteiger partial charge in [-0.15, -0.1) is 0 Å². The molecule has 0 N–H and O–H groups in total. The van der Waals surface area contributed by atoms with Gasteiger partial charge in [0.2, 0.25) is 0 Å². The van der Waals surface area contributed by atoms with Gasteiger partial charge in [0.05, 0.1) is 5.92 Å². The summed E-state index contributed by atoms with van der Waals surface area (Å²) in [5.41, 5.74) is 0. The first kappa shape index (κ1) is 13.5. The summed E-state index contributed by atoms with van der Waals surface area (Å²) in [6, 6.07) is 0. The lowest BCUT2D eigenvalue weighted by molar-refractivity contribution is -0.149. The lowest BCUT2D eigenvalue weighted by atomic mass is 10.00. The monoisotopic (exact) mass is 198 g/mol. The normalized spacial score (nSPS) is 13.4. The molecule has 82 valence electrons. The van der Waals surface area contributed by atoms with Crippen molar-refractivity contribution in [3.63, 3.8) is 0 Å². The maximum Gasteiger partial charge on any atom is 0.308 e. The Balaban J connectivity index is 3.62. The van der Waals surface area contributed by atoms with Crippen molar-refractivity contribution < 1.29 is 9.53 Å². The summed E-state index contributed by atoms with van der Waals surface area (Å²) >= 11 is 0. The van der Waals surface area contributed by atoms with Gasteiger partial charge in [0.1, 0.15) is 6.10 Å². The van der Waals surface area contributed by atoms with Gasteiger partial charge >= 0.3 is 5.97 Å². The molecule has 2 radical (unpaired) electrons. The molecule has 0 aliphatic heterocycles. The lowest BCUT2D eigenvalue weighted by Gasteiger charge is -2.13. The van der Waals surface area contributed by atoms with Gasteiger partial charge in [0.15, 0.2) is 0 Å². The Morgan fingerprint density at radius 3 is 2.21 bits per heavy atom. The molecule has 0 aliphatic carbocycles. The number of hydrogen-bond donors (Lipinski definition) is 0. The van der Waals surface area contributed by atoms with E-state index in [0.29, 0.717) is 5.92 Å². The van der Waals surface area contributed by atoms with E-state index in [1.165, 1.54) is 0 Å². The molecule has 1 unspecified atom stereocenters. The standard InChI is InChI=1S/C12H22O2/c1-9(2)7-6-8-11(5)12(13)14-10(3)4/h9-11H,3-4,6-8H2,1-2,5H3. The highest BCUT2D eigenvalue weighted by atomic mass is 16.5. The SMILES string of the molecule is [CH2]C([CH2])OC(=O)C(C)CCCC(C)C. The number of carbonyl (C=O) groups excluding carboxylic acids is 1. The number of ether oxygens (including phenoxy) is 1. The first-order chi connectivity index (χ1) is 6.43. The molecule has 0 fully saturated rings. The van der Waals surface area contributed by atoms with E-state index in [1.54, 1.807) is 0 Å². The summed E-state index contributed by atoms with van der Waals surface area (Å²) in [5.74, 6) is 0.496. The number of carbonyl (C=O) groups is 1. The van der Waals surface area contributed by atoms with Gasteiger partial charge in [-0.25, -0.2) is 0 Å². The molecule has 0 aromatic rings. The van der Waals surface area contributed by atoms with Crippen LogP contribution in [0.2, 0.25) is 0 Å². The van der Waals surface area contributed by atoms with Crippen LogP contribution in [-0.4, -0.2) is 12.1 Å². The van der Waals surface area contributed by atoms with Gasteiger partial charge in [-0.1, -0.05) is 33.6 Å². The third-order valence-corrected chi connectivity index (χ3v) is 2.10. The average Bonchev–Trinajstić information content (AvgIpc) is 2.01. The molecule has 0 aromatic heterocycles. The highest BCUT2D eigenvalue weighted by Crippen LogP contribution is 2.14. The van der Waals surface area contributed by atoms with Crippen LogP contribution in [0.4, 0.5) is 0 Å². The Bertz CT molecular complexity index is 162. The zero-order valence-corrected chi connectivity index (χ0v) is 9.58. The largest absolute Gasteiger partial charge is 0.462 e. The number of esters is 1. The predicted octanol–water partition coefficient (Wildman–Crippen LogP) is 3.03. The first-order valence-corrected chi connectivity index (χ1v) is 5.30. The van der Waals surface area contributed by atoms with Crippen LogP contribution in [0.1, 0.15) is 40.0 Å². The molecule has 0 amide bonds. The average molecular weight is 198 g/mol. The minimum absolute atomic E-state index is 0.0280. The van der Waals surface area contributed by atoms with Crippen molar-refractivity contribution in [2.24, 2.45) is 11.8 Å². The molecule has 0 bridgehead atoms. The minimum Gasteiger partial charge on any atom is -0.462 e. The fraction of sp³-hybridized carbons (Fsp3) is 0.750. The number of rotatable bonds is 6. The maximum atomic E-state index is 11.3. The molecule has 0 heterocycles. The third-order valence-electron chi connectivity index (χ3n) is 2.10. The van der Waals surface area contributed by atoms with E-state index in [-0.39, 0.29) is 11.9 Å². The summed E-state index contributed by atoms with van der Waals surface area (Å²) in [6.07, 6.45) is 2.64. The lowest BCUT2D eigenvalue weighted by Crippen LogP contribution is -2.19. The van der Waals surface area contributed by atoms with Crippen molar-refractivity contribution in [3.8, 4) is 0 Å². The van der Waals surface area contributed by atoms with E-state index in [9.17, 15) is 4.79 Å². The van der Waals surface area contributed by atoms with Crippen molar-refractivity contribution >= 4 is 5.97 Å². The molecular weight excluding hydrogens is 176 g/mol. The molecule has 2 heteroatoms. The van der Waals surface area contributed by atoms with Crippen LogP contribution >= 0.6 is 0 Å². The van der Waals surface area contributed by atoms with Gasteiger partial charge in [0.25, 0.3) is 0 Å². The maximum absolute atomic E-state index is 11.3. The van der Waals surface area contributed by atoms with Crippen molar-refractivity contribution in [2.45, 2.75) is 46.1 Å². The zero-order chi connectivity index (χ0) is 11.1. The smallest absolute Gasteiger partial charge is 0.308 e. The minimum atomic E-state index is -0.491. The van der Waals surface area contributed by atoms with Crippen LogP contribution in [0.15, 0.2) is 0 Å². The summed E-state index contributed by atoms with van der Waals surface area (Å²) in [4.78, 5) is 11.3. The van der Waals surface area contributed by atoms with Crippen LogP contribution < -0.4 is 0 Å². The van der Waals surface area contributed by atoms with Crippen molar-refractivity contribution in [2.75, 3.05) is 0 Å². The Morgan fingerprint density at radius 2 is 1.79 bits per heavy atom. The highest BCUT2D eigenvalue weighted by Gasteiger charge is 2.15. The van der Waals surface area contributed by atoms with E-state index in [4.69, 9.17) is 4.74 Å². The van der Waals surface area contributed by atoms with Crippen molar-refractivity contribution in [1.29, 1.82) is 0 Å². The molecule has 1 atom stereocenters. The number of hydrogen-bond acceptors (Lipinski definition) is 2. The molecule has 0 spiro atoms. The second-order valence-electron chi connectivity index (χ2n) is 4.28. The molecular formula is C12H22O2. The topological polar surface area (TPSA) is 26.3 Å². The third kappa shape index (κ3) is 6.93. The molecule has 0 aliphatic rings. The molecule has 14 heavy (non-hydrogen) atoms. The summed E-state index contributed by atoms with van der Waals surface area (Å²) in [7, 11) is 0. The molecule has 0 aromatic carbocycles. The highest BCUT2D eigenvalue weighted by molar-refractivity contribution is 5.72. The Morgan fingerprint density at radius 1 is 1.21 bits per heavy atom. The van der Waals surface area contributed by atoms with E-state index in [0.717, 1.165) is 19.3 Å². The van der Waals surface area contributed by atoms with E-state index in [1.807, 2.05) is 6.92 Å². The van der Waals surface area contributed by atoms with Crippen LogP contribution in [-0.2, 0) is 9.53 Å². The van der Waals surface area contributed by atoms with Crippen LogP contribution in [0.5, 0.6) is 0 Å². The van der Waals surface area contributed by atoms with Crippen molar-refractivity contribution in [1.82, 2.24) is 0 Å². The van der Waals surface area contributed by atoms with Gasteiger partial charge in [-0.3, -0.25) is 4.79 Å². The van der Waals surface area contributed by atoms with E-state index in [2.05, 4.69) is 27.7 Å². The second kappa shape index (κ2) is 6.86. The Kier molecular flexibility index (Phi) is 6.60. The second-order valence-corrected chi connectivity index (χ2v) is 4.28. The fourth-order valence-electron chi connectivity index (χ4n) is 1.23. The van der Waals surface area contributed by atoms with Gasteiger partial charge in [-0.05, 0) is 26.2 Å².